The fourth-order valence-electron chi connectivity index (χ4n) is 2.03. The molecule has 0 aliphatic carbocycles. The van der Waals surface area contributed by atoms with E-state index in [1.165, 1.54) is 0 Å². The Morgan fingerprint density at radius 3 is 2.26 bits per heavy atom. The Morgan fingerprint density at radius 1 is 1.16 bits per heavy atom. The number of para-hydroxylation sites is 1. The summed E-state index contributed by atoms with van der Waals surface area (Å²) in [5.41, 5.74) is 6.38. The molecule has 2 rings (SSSR count). The zero-order chi connectivity index (χ0) is 12.3. The highest BCUT2D eigenvalue weighted by Crippen LogP contribution is 2.25. The number of carbonyl (C=O) groups excluding carboxylic acids is 1. The second-order valence-electron chi connectivity index (χ2n) is 4.02. The monoisotopic (exact) mass is 325 g/mol. The molecule has 0 aromatic heterocycles. The van der Waals surface area contributed by atoms with Gasteiger partial charge in [-0.3, -0.25) is 4.79 Å². The lowest BCUT2D eigenvalue weighted by atomic mass is 10.2. The van der Waals surface area contributed by atoms with E-state index < -0.39 is 0 Å². The van der Waals surface area contributed by atoms with Gasteiger partial charge in [0.1, 0.15) is 0 Å². The molecule has 0 atom stereocenters. The molecule has 1 saturated heterocycles. The van der Waals surface area contributed by atoms with Gasteiger partial charge in [0.05, 0.1) is 17.3 Å². The second kappa shape index (κ2) is 8.48. The van der Waals surface area contributed by atoms with Gasteiger partial charge in [0.25, 0.3) is 0 Å². The predicted octanol–water partition coefficient (Wildman–Crippen LogP) is 1.79. The standard InChI is InChI=1S/C12H16ClN3O.2ClH/c13-10-3-1-2-4-11(10)15-5-7-16(8-6-15)12(17)9-14;;/h1-4H,5-9,14H2;2*1H. The van der Waals surface area contributed by atoms with Crippen molar-refractivity contribution in [2.75, 3.05) is 37.6 Å². The van der Waals surface area contributed by atoms with E-state index >= 15 is 0 Å². The van der Waals surface area contributed by atoms with Crippen LogP contribution in [-0.4, -0.2) is 43.5 Å². The lowest BCUT2D eigenvalue weighted by Gasteiger charge is -2.36. The summed E-state index contributed by atoms with van der Waals surface area (Å²) >= 11 is 6.14. The van der Waals surface area contributed by atoms with Gasteiger partial charge < -0.3 is 15.5 Å². The predicted molar refractivity (Wildman–Crippen MR) is 83.8 cm³/mol. The molecule has 1 aromatic carbocycles. The van der Waals surface area contributed by atoms with E-state index in [0.717, 1.165) is 23.8 Å². The summed E-state index contributed by atoms with van der Waals surface area (Å²) in [7, 11) is 0. The normalized spacial score (nSPS) is 14.4. The Bertz CT molecular complexity index is 409. The lowest BCUT2D eigenvalue weighted by Crippen LogP contribution is -2.50. The molecule has 1 aromatic rings. The van der Waals surface area contributed by atoms with E-state index in [0.29, 0.717) is 13.1 Å². The lowest BCUT2D eigenvalue weighted by molar-refractivity contribution is -0.129. The van der Waals surface area contributed by atoms with E-state index in [9.17, 15) is 4.79 Å². The van der Waals surface area contributed by atoms with Gasteiger partial charge in [0, 0.05) is 26.2 Å². The molecule has 2 N–H and O–H groups in total. The van der Waals surface area contributed by atoms with E-state index in [1.54, 1.807) is 4.90 Å². The minimum Gasteiger partial charge on any atom is -0.367 e. The summed E-state index contributed by atoms with van der Waals surface area (Å²) in [6.45, 7) is 3.11. The second-order valence-corrected chi connectivity index (χ2v) is 4.43. The van der Waals surface area contributed by atoms with E-state index in [2.05, 4.69) is 4.90 Å². The molecule has 1 aliphatic heterocycles. The number of benzene rings is 1. The number of rotatable bonds is 2. The van der Waals surface area contributed by atoms with Gasteiger partial charge in [0.2, 0.25) is 5.91 Å². The summed E-state index contributed by atoms with van der Waals surface area (Å²) in [6.07, 6.45) is 0. The molecule has 1 amide bonds. The van der Waals surface area contributed by atoms with Gasteiger partial charge in [0.15, 0.2) is 0 Å². The minimum atomic E-state index is 0. The number of halogens is 3. The van der Waals surface area contributed by atoms with Crippen molar-refractivity contribution in [3.8, 4) is 0 Å². The average molecular weight is 327 g/mol. The highest BCUT2D eigenvalue weighted by molar-refractivity contribution is 6.33. The van der Waals surface area contributed by atoms with Crippen molar-refractivity contribution in [3.63, 3.8) is 0 Å². The topological polar surface area (TPSA) is 49.6 Å². The van der Waals surface area contributed by atoms with Crippen molar-refractivity contribution in [2.24, 2.45) is 5.73 Å². The number of amides is 1. The largest absolute Gasteiger partial charge is 0.367 e. The number of anilines is 1. The zero-order valence-electron chi connectivity index (χ0n) is 10.4. The SMILES string of the molecule is Cl.Cl.NCC(=O)N1CCN(c2ccccc2Cl)CC1. The van der Waals surface area contributed by atoms with E-state index in [-0.39, 0.29) is 37.3 Å². The van der Waals surface area contributed by atoms with Crippen LogP contribution in [0.2, 0.25) is 5.02 Å². The van der Waals surface area contributed by atoms with Crippen LogP contribution < -0.4 is 10.6 Å². The maximum atomic E-state index is 11.4. The minimum absolute atomic E-state index is 0. The number of hydrogen-bond acceptors (Lipinski definition) is 3. The van der Waals surface area contributed by atoms with Gasteiger partial charge >= 0.3 is 0 Å². The van der Waals surface area contributed by atoms with Crippen LogP contribution in [-0.2, 0) is 4.79 Å². The average Bonchev–Trinajstić information content (AvgIpc) is 2.39. The molecule has 1 heterocycles. The first-order valence-electron chi connectivity index (χ1n) is 5.69. The Kier molecular flexibility index (Phi) is 8.18. The third-order valence-electron chi connectivity index (χ3n) is 3.00. The summed E-state index contributed by atoms with van der Waals surface area (Å²) < 4.78 is 0. The van der Waals surface area contributed by atoms with Crippen LogP contribution >= 0.6 is 36.4 Å². The number of nitrogens with two attached hydrogens (primary N) is 1. The number of piperazine rings is 1. The smallest absolute Gasteiger partial charge is 0.236 e. The van der Waals surface area contributed by atoms with Crippen LogP contribution in [0.4, 0.5) is 5.69 Å². The van der Waals surface area contributed by atoms with E-state index in [1.807, 2.05) is 24.3 Å². The molecule has 1 aliphatic rings. The Labute approximate surface area is 130 Å². The zero-order valence-corrected chi connectivity index (χ0v) is 12.8. The molecule has 0 radical (unpaired) electrons. The fraction of sp³-hybridized carbons (Fsp3) is 0.417. The summed E-state index contributed by atoms with van der Waals surface area (Å²) in [4.78, 5) is 15.4. The summed E-state index contributed by atoms with van der Waals surface area (Å²) in [6, 6.07) is 7.77. The van der Waals surface area contributed by atoms with Crippen LogP contribution in [0.25, 0.3) is 0 Å². The molecule has 0 saturated carbocycles. The Hall–Kier alpha value is -0.680. The highest BCUT2D eigenvalue weighted by Gasteiger charge is 2.21. The van der Waals surface area contributed by atoms with Crippen molar-refractivity contribution in [1.82, 2.24) is 4.90 Å². The maximum Gasteiger partial charge on any atom is 0.236 e. The van der Waals surface area contributed by atoms with Gasteiger partial charge in [-0.25, -0.2) is 0 Å². The van der Waals surface area contributed by atoms with Crippen LogP contribution in [0.1, 0.15) is 0 Å². The summed E-state index contributed by atoms with van der Waals surface area (Å²) in [5, 5.41) is 0.756. The third kappa shape index (κ3) is 4.42. The first kappa shape index (κ1) is 18.3. The first-order valence-corrected chi connectivity index (χ1v) is 6.07. The Morgan fingerprint density at radius 2 is 1.74 bits per heavy atom. The molecule has 4 nitrogen and oxygen atoms in total. The van der Waals surface area contributed by atoms with Crippen molar-refractivity contribution >= 4 is 48.0 Å². The molecular formula is C12H18Cl3N3O. The number of nitrogens with zero attached hydrogens (tertiary/aromatic N) is 2. The summed E-state index contributed by atoms with van der Waals surface area (Å²) in [5.74, 6) is 0.0174. The van der Waals surface area contributed by atoms with Gasteiger partial charge in [-0.15, -0.1) is 24.8 Å². The van der Waals surface area contributed by atoms with Crippen LogP contribution in [0.3, 0.4) is 0 Å². The number of hydrogen-bond donors (Lipinski definition) is 1. The first-order chi connectivity index (χ1) is 8.22. The molecule has 0 spiro atoms. The van der Waals surface area contributed by atoms with E-state index in [4.69, 9.17) is 17.3 Å². The van der Waals surface area contributed by atoms with Crippen molar-refractivity contribution in [2.45, 2.75) is 0 Å². The third-order valence-corrected chi connectivity index (χ3v) is 3.32. The molecular weight excluding hydrogens is 309 g/mol. The molecule has 7 heteroatoms. The molecule has 1 fully saturated rings. The van der Waals surface area contributed by atoms with Gasteiger partial charge in [-0.05, 0) is 12.1 Å². The highest BCUT2D eigenvalue weighted by atomic mass is 35.5. The molecule has 108 valence electrons. The number of carbonyl (C=O) groups is 1. The maximum absolute atomic E-state index is 11.4. The van der Waals surface area contributed by atoms with Crippen molar-refractivity contribution in [3.05, 3.63) is 29.3 Å². The van der Waals surface area contributed by atoms with Crippen molar-refractivity contribution < 1.29 is 4.79 Å². The van der Waals surface area contributed by atoms with Crippen LogP contribution in [0.5, 0.6) is 0 Å². The Balaban J connectivity index is 0.00000162. The quantitative estimate of drug-likeness (QED) is 0.901. The van der Waals surface area contributed by atoms with Gasteiger partial charge in [-0.2, -0.15) is 0 Å². The van der Waals surface area contributed by atoms with Crippen molar-refractivity contribution in [1.29, 1.82) is 0 Å². The molecule has 19 heavy (non-hydrogen) atoms. The molecule has 0 bridgehead atoms. The fourth-order valence-corrected chi connectivity index (χ4v) is 2.29. The van der Waals surface area contributed by atoms with Crippen LogP contribution in [0.15, 0.2) is 24.3 Å². The van der Waals surface area contributed by atoms with Gasteiger partial charge in [-0.1, -0.05) is 23.7 Å². The van der Waals surface area contributed by atoms with Crippen LogP contribution in [0, 0.1) is 0 Å². The molecule has 0 unspecified atom stereocenters.